The number of carbonyl (C=O) groups is 1. The number of nitrogens with two attached hydrogens (primary N) is 1. The molecule has 4 heteroatoms. The zero-order valence-corrected chi connectivity index (χ0v) is 12.4. The summed E-state index contributed by atoms with van der Waals surface area (Å²) in [7, 11) is 0. The van der Waals surface area contributed by atoms with Crippen molar-refractivity contribution in [2.75, 3.05) is 5.32 Å². The quantitative estimate of drug-likeness (QED) is 0.859. The van der Waals surface area contributed by atoms with Crippen LogP contribution in [0.3, 0.4) is 0 Å². The number of amides is 1. The van der Waals surface area contributed by atoms with Crippen LogP contribution in [0.15, 0.2) is 18.2 Å². The summed E-state index contributed by atoms with van der Waals surface area (Å²) < 4.78 is 5.60. The summed E-state index contributed by atoms with van der Waals surface area (Å²) >= 11 is 0. The molecule has 0 radical (unpaired) electrons. The number of aryl methyl sites for hydroxylation is 1. The second kappa shape index (κ2) is 6.57. The van der Waals surface area contributed by atoms with Gasteiger partial charge in [0.25, 0.3) is 0 Å². The van der Waals surface area contributed by atoms with Gasteiger partial charge >= 0.3 is 0 Å². The van der Waals surface area contributed by atoms with Crippen LogP contribution >= 0.6 is 0 Å². The monoisotopic (exact) mass is 264 g/mol. The average Bonchev–Trinajstić information content (AvgIpc) is 2.30. The molecule has 1 unspecified atom stereocenters. The van der Waals surface area contributed by atoms with Crippen molar-refractivity contribution >= 4 is 11.6 Å². The van der Waals surface area contributed by atoms with E-state index in [1.807, 2.05) is 52.8 Å². The highest BCUT2D eigenvalue weighted by Crippen LogP contribution is 2.22. The van der Waals surface area contributed by atoms with Crippen LogP contribution in [0.1, 0.15) is 33.3 Å². The van der Waals surface area contributed by atoms with Crippen LogP contribution in [-0.2, 0) is 4.79 Å². The van der Waals surface area contributed by atoms with Crippen LogP contribution in [0, 0.1) is 12.8 Å². The molecule has 1 aromatic carbocycles. The van der Waals surface area contributed by atoms with Gasteiger partial charge in [0.2, 0.25) is 5.91 Å². The Hall–Kier alpha value is -1.55. The van der Waals surface area contributed by atoms with Crippen molar-refractivity contribution in [2.45, 2.75) is 46.8 Å². The second-order valence-corrected chi connectivity index (χ2v) is 5.40. The van der Waals surface area contributed by atoms with Crippen molar-refractivity contribution in [1.29, 1.82) is 0 Å². The average molecular weight is 264 g/mol. The Morgan fingerprint density at radius 2 is 1.89 bits per heavy atom. The molecule has 0 spiro atoms. The third-order valence-corrected chi connectivity index (χ3v) is 2.85. The number of hydrogen-bond donors (Lipinski definition) is 2. The number of ether oxygens (including phenoxy) is 1. The lowest BCUT2D eigenvalue weighted by molar-refractivity contribution is -0.118. The van der Waals surface area contributed by atoms with E-state index in [-0.39, 0.29) is 17.9 Å². The lowest BCUT2D eigenvalue weighted by atomic mass is 10.0. The summed E-state index contributed by atoms with van der Waals surface area (Å²) in [4.78, 5) is 11.9. The van der Waals surface area contributed by atoms with Gasteiger partial charge in [-0.2, -0.15) is 0 Å². The molecule has 0 aliphatic heterocycles. The summed E-state index contributed by atoms with van der Waals surface area (Å²) in [6.45, 7) is 9.75. The highest BCUT2D eigenvalue weighted by Gasteiger charge is 2.17. The van der Waals surface area contributed by atoms with Gasteiger partial charge in [0.15, 0.2) is 0 Å². The van der Waals surface area contributed by atoms with Crippen molar-refractivity contribution < 1.29 is 9.53 Å². The molecule has 1 rings (SSSR count). The lowest BCUT2D eigenvalue weighted by Crippen LogP contribution is -2.39. The Morgan fingerprint density at radius 1 is 1.26 bits per heavy atom. The third kappa shape index (κ3) is 4.56. The van der Waals surface area contributed by atoms with Crippen LogP contribution in [0.5, 0.6) is 5.75 Å². The minimum absolute atomic E-state index is 0.115. The van der Waals surface area contributed by atoms with E-state index in [9.17, 15) is 4.79 Å². The second-order valence-electron chi connectivity index (χ2n) is 5.40. The smallest absolute Gasteiger partial charge is 0.241 e. The van der Waals surface area contributed by atoms with Gasteiger partial charge in [0.1, 0.15) is 5.75 Å². The van der Waals surface area contributed by atoms with Gasteiger partial charge in [-0.15, -0.1) is 0 Å². The Labute approximate surface area is 115 Å². The Balaban J connectivity index is 2.77. The van der Waals surface area contributed by atoms with Crippen LogP contribution in [-0.4, -0.2) is 18.1 Å². The molecule has 3 N–H and O–H groups in total. The first-order valence-electron chi connectivity index (χ1n) is 6.65. The zero-order chi connectivity index (χ0) is 14.6. The maximum atomic E-state index is 11.9. The Bertz CT molecular complexity index is 442. The number of benzene rings is 1. The highest BCUT2D eigenvalue weighted by atomic mass is 16.5. The first kappa shape index (κ1) is 15.5. The predicted molar refractivity (Wildman–Crippen MR) is 78.4 cm³/mol. The largest absolute Gasteiger partial charge is 0.491 e. The molecular formula is C15H24N2O2. The molecule has 106 valence electrons. The van der Waals surface area contributed by atoms with Crippen molar-refractivity contribution in [3.8, 4) is 5.75 Å². The third-order valence-electron chi connectivity index (χ3n) is 2.85. The maximum Gasteiger partial charge on any atom is 0.241 e. The molecule has 0 heterocycles. The zero-order valence-electron chi connectivity index (χ0n) is 12.4. The molecule has 0 aliphatic rings. The van der Waals surface area contributed by atoms with Gasteiger partial charge in [0.05, 0.1) is 12.1 Å². The standard InChI is InChI=1S/C15H24N2O2/c1-9(2)14(16)15(18)17-13-7-6-12(8-11(13)5)19-10(3)4/h6-10,14H,16H2,1-5H3,(H,17,18). The topological polar surface area (TPSA) is 64.3 Å². The molecule has 0 saturated heterocycles. The molecule has 4 nitrogen and oxygen atoms in total. The van der Waals surface area contributed by atoms with E-state index in [0.717, 1.165) is 17.0 Å². The fourth-order valence-corrected chi connectivity index (χ4v) is 1.64. The molecule has 0 aliphatic carbocycles. The normalized spacial score (nSPS) is 12.6. The summed E-state index contributed by atoms with van der Waals surface area (Å²) in [6, 6.07) is 5.11. The molecular weight excluding hydrogens is 240 g/mol. The van der Waals surface area contributed by atoms with E-state index < -0.39 is 6.04 Å². The molecule has 1 aromatic rings. The van der Waals surface area contributed by atoms with Gasteiger partial charge in [0, 0.05) is 5.69 Å². The van der Waals surface area contributed by atoms with Crippen molar-refractivity contribution in [3.05, 3.63) is 23.8 Å². The van der Waals surface area contributed by atoms with Crippen LogP contribution in [0.4, 0.5) is 5.69 Å². The Morgan fingerprint density at radius 3 is 2.37 bits per heavy atom. The Kier molecular flexibility index (Phi) is 5.36. The molecule has 0 bridgehead atoms. The van der Waals surface area contributed by atoms with Crippen LogP contribution in [0.25, 0.3) is 0 Å². The van der Waals surface area contributed by atoms with Gasteiger partial charge in [-0.05, 0) is 50.5 Å². The fourth-order valence-electron chi connectivity index (χ4n) is 1.64. The minimum atomic E-state index is -0.494. The summed E-state index contributed by atoms with van der Waals surface area (Å²) in [5.74, 6) is 0.762. The van der Waals surface area contributed by atoms with Crippen LogP contribution in [0.2, 0.25) is 0 Å². The minimum Gasteiger partial charge on any atom is -0.491 e. The van der Waals surface area contributed by atoms with E-state index >= 15 is 0 Å². The van der Waals surface area contributed by atoms with Crippen molar-refractivity contribution in [2.24, 2.45) is 11.7 Å². The number of carbonyl (C=O) groups excluding carboxylic acids is 1. The first-order chi connectivity index (χ1) is 8.81. The van der Waals surface area contributed by atoms with Gasteiger partial charge in [-0.25, -0.2) is 0 Å². The summed E-state index contributed by atoms with van der Waals surface area (Å²) in [5, 5.41) is 2.85. The van der Waals surface area contributed by atoms with Crippen molar-refractivity contribution in [1.82, 2.24) is 0 Å². The number of hydrogen-bond acceptors (Lipinski definition) is 3. The first-order valence-corrected chi connectivity index (χ1v) is 6.65. The van der Waals surface area contributed by atoms with Gasteiger partial charge in [-0.3, -0.25) is 4.79 Å². The van der Waals surface area contributed by atoms with Crippen molar-refractivity contribution in [3.63, 3.8) is 0 Å². The predicted octanol–water partition coefficient (Wildman–Crippen LogP) is 2.70. The molecule has 19 heavy (non-hydrogen) atoms. The van der Waals surface area contributed by atoms with Gasteiger partial charge in [-0.1, -0.05) is 13.8 Å². The highest BCUT2D eigenvalue weighted by molar-refractivity contribution is 5.95. The number of nitrogens with one attached hydrogen (secondary N) is 1. The fraction of sp³-hybridized carbons (Fsp3) is 0.533. The molecule has 0 saturated carbocycles. The van der Waals surface area contributed by atoms with E-state index in [1.165, 1.54) is 0 Å². The van der Waals surface area contributed by atoms with E-state index in [4.69, 9.17) is 10.5 Å². The van der Waals surface area contributed by atoms with E-state index in [1.54, 1.807) is 0 Å². The maximum absolute atomic E-state index is 11.9. The van der Waals surface area contributed by atoms with E-state index in [0.29, 0.717) is 0 Å². The van der Waals surface area contributed by atoms with E-state index in [2.05, 4.69) is 5.32 Å². The summed E-state index contributed by atoms with van der Waals surface area (Å²) in [6.07, 6.45) is 0.134. The molecule has 0 aromatic heterocycles. The SMILES string of the molecule is Cc1cc(OC(C)C)ccc1NC(=O)C(N)C(C)C. The van der Waals surface area contributed by atoms with Crippen LogP contribution < -0.4 is 15.8 Å². The van der Waals surface area contributed by atoms with Gasteiger partial charge < -0.3 is 15.8 Å². The molecule has 0 fully saturated rings. The molecule has 1 atom stereocenters. The molecule has 1 amide bonds. The lowest BCUT2D eigenvalue weighted by Gasteiger charge is -2.17. The summed E-state index contributed by atoms with van der Waals surface area (Å²) in [5.41, 5.74) is 7.55. The number of rotatable bonds is 5. The number of anilines is 1.